The number of alkyl halides is 3. The summed E-state index contributed by atoms with van der Waals surface area (Å²) >= 11 is 0. The first-order valence-corrected chi connectivity index (χ1v) is 12.3. The van der Waals surface area contributed by atoms with Gasteiger partial charge < -0.3 is 25.4 Å². The monoisotopic (exact) mass is 523 g/mol. The van der Waals surface area contributed by atoms with Crippen LogP contribution < -0.4 is 20.3 Å². The first kappa shape index (κ1) is 29.8. The van der Waals surface area contributed by atoms with Crippen LogP contribution >= 0.6 is 0 Å². The summed E-state index contributed by atoms with van der Waals surface area (Å²) in [5.74, 6) is -2.64. The Morgan fingerprint density at radius 2 is 1.57 bits per heavy atom. The molecule has 0 saturated heterocycles. The molecule has 0 aromatic heterocycles. The first-order chi connectivity index (χ1) is 17.3. The molecule has 0 heterocycles. The molecule has 3 N–H and O–H groups in total. The third-order valence-electron chi connectivity index (χ3n) is 5.38. The summed E-state index contributed by atoms with van der Waals surface area (Å²) < 4.78 is 46.7. The number of nitrogens with one attached hydrogen (secondary N) is 2. The number of carboxylic acid groups (broad SMARTS) is 1. The van der Waals surface area contributed by atoms with Crippen molar-refractivity contribution in [3.8, 4) is 5.75 Å². The maximum atomic E-state index is 13.8. The molecule has 2 rings (SSSR count). The molecule has 204 valence electrons. The Hall–Kier alpha value is -3.43. The molecule has 1 atom stereocenters. The predicted molar refractivity (Wildman–Crippen MR) is 140 cm³/mol. The molecule has 0 spiro atoms. The van der Waals surface area contributed by atoms with Crippen LogP contribution in [0.5, 0.6) is 5.75 Å². The Bertz CT molecular complexity index is 1030. The van der Waals surface area contributed by atoms with Crippen molar-refractivity contribution in [3.63, 3.8) is 0 Å². The van der Waals surface area contributed by atoms with Gasteiger partial charge in [0, 0.05) is 18.8 Å². The normalized spacial score (nSPS) is 12.4. The number of urea groups is 1. The van der Waals surface area contributed by atoms with E-state index in [1.54, 1.807) is 24.3 Å². The molecule has 0 saturated carbocycles. The van der Waals surface area contributed by atoms with Gasteiger partial charge in [0.15, 0.2) is 0 Å². The minimum Gasteiger partial charge on any atom is -0.494 e. The lowest BCUT2D eigenvalue weighted by Crippen LogP contribution is -2.33. The minimum absolute atomic E-state index is 0.168. The highest BCUT2D eigenvalue weighted by molar-refractivity contribution is 6.02. The molecule has 0 aliphatic carbocycles. The molecule has 0 aliphatic rings. The van der Waals surface area contributed by atoms with Gasteiger partial charge in [-0.25, -0.2) is 4.79 Å². The number of carbonyl (C=O) groups excluding carboxylic acids is 1. The van der Waals surface area contributed by atoms with Gasteiger partial charge in [0.05, 0.1) is 30.3 Å². The van der Waals surface area contributed by atoms with Gasteiger partial charge >= 0.3 is 18.2 Å². The van der Waals surface area contributed by atoms with Crippen LogP contribution in [0.1, 0.15) is 52.5 Å². The number of aliphatic carboxylic acids is 1. The zero-order valence-corrected chi connectivity index (χ0v) is 21.9. The van der Waals surface area contributed by atoms with Gasteiger partial charge in [-0.1, -0.05) is 33.8 Å². The van der Waals surface area contributed by atoms with Crippen LogP contribution in [0.3, 0.4) is 0 Å². The van der Waals surface area contributed by atoms with Gasteiger partial charge in [0.25, 0.3) is 0 Å². The Morgan fingerprint density at radius 1 is 0.973 bits per heavy atom. The summed E-state index contributed by atoms with van der Waals surface area (Å²) in [6.07, 6.45) is -5.88. The molecule has 10 heteroatoms. The molecule has 2 aromatic rings. The summed E-state index contributed by atoms with van der Waals surface area (Å²) in [6.45, 7) is 11.7. The molecule has 1 unspecified atom stereocenters. The Kier molecular flexibility index (Phi) is 10.6. The van der Waals surface area contributed by atoms with E-state index in [4.69, 9.17) is 9.84 Å². The smallest absolute Gasteiger partial charge is 0.396 e. The summed E-state index contributed by atoms with van der Waals surface area (Å²) in [5.41, 5.74) is 0.967. The number of rotatable bonds is 12. The molecular weight excluding hydrogens is 487 g/mol. The van der Waals surface area contributed by atoms with Crippen LogP contribution in [-0.4, -0.2) is 43.0 Å². The fourth-order valence-electron chi connectivity index (χ4n) is 3.98. The number of amides is 2. The molecule has 37 heavy (non-hydrogen) atoms. The van der Waals surface area contributed by atoms with Gasteiger partial charge in [0.1, 0.15) is 5.75 Å². The number of carboxylic acids is 1. The maximum absolute atomic E-state index is 13.8. The van der Waals surface area contributed by atoms with Crippen LogP contribution in [-0.2, 0) is 4.79 Å². The molecule has 2 amide bonds. The van der Waals surface area contributed by atoms with Crippen molar-refractivity contribution in [3.05, 3.63) is 48.0 Å². The van der Waals surface area contributed by atoms with Crippen molar-refractivity contribution in [2.75, 3.05) is 35.2 Å². The third kappa shape index (κ3) is 9.51. The number of carbonyl (C=O) groups is 2. The second-order valence-corrected chi connectivity index (χ2v) is 9.70. The Balaban J connectivity index is 2.46. The lowest BCUT2D eigenvalue weighted by atomic mass is 9.94. The van der Waals surface area contributed by atoms with Gasteiger partial charge in [-0.05, 0) is 60.7 Å². The number of hydrogen-bond acceptors (Lipinski definition) is 4. The molecule has 2 aromatic carbocycles. The summed E-state index contributed by atoms with van der Waals surface area (Å²) in [7, 11) is 0. The van der Waals surface area contributed by atoms with Gasteiger partial charge in [-0.15, -0.1) is 0 Å². The van der Waals surface area contributed by atoms with Crippen LogP contribution in [0, 0.1) is 11.8 Å². The van der Waals surface area contributed by atoms with E-state index in [1.807, 2.05) is 39.5 Å². The van der Waals surface area contributed by atoms with E-state index >= 15 is 0 Å². The fraction of sp³-hybridized carbons (Fsp3) is 0.481. The maximum Gasteiger partial charge on any atom is 0.396 e. The summed E-state index contributed by atoms with van der Waals surface area (Å²) in [4.78, 5) is 26.1. The van der Waals surface area contributed by atoms with E-state index in [9.17, 15) is 22.8 Å². The SMILES string of the molecule is CCOc1ccc(NC(=O)Nc2cc(C(CC(=O)O)C(F)(F)F)ccc2N(CC(C)C)CC(C)C)cc1. The van der Waals surface area contributed by atoms with E-state index in [1.165, 1.54) is 18.2 Å². The topological polar surface area (TPSA) is 90.9 Å². The van der Waals surface area contributed by atoms with E-state index in [0.717, 1.165) is 0 Å². The van der Waals surface area contributed by atoms with Crippen molar-refractivity contribution in [2.24, 2.45) is 11.8 Å². The Labute approximate surface area is 216 Å². The van der Waals surface area contributed by atoms with Crippen LogP contribution in [0.2, 0.25) is 0 Å². The van der Waals surface area contributed by atoms with E-state index in [2.05, 4.69) is 10.6 Å². The number of nitrogens with zero attached hydrogens (tertiary/aromatic N) is 1. The second kappa shape index (κ2) is 13.2. The zero-order chi connectivity index (χ0) is 27.8. The van der Waals surface area contributed by atoms with Crippen molar-refractivity contribution < 1.29 is 32.6 Å². The van der Waals surface area contributed by atoms with Crippen molar-refractivity contribution in [1.29, 1.82) is 0 Å². The molecule has 7 nitrogen and oxygen atoms in total. The first-order valence-electron chi connectivity index (χ1n) is 12.3. The van der Waals surface area contributed by atoms with Gasteiger partial charge in [0.2, 0.25) is 0 Å². The van der Waals surface area contributed by atoms with Crippen molar-refractivity contribution in [2.45, 2.75) is 53.1 Å². The lowest BCUT2D eigenvalue weighted by molar-refractivity contribution is -0.163. The molecule has 0 radical (unpaired) electrons. The number of hydrogen-bond donors (Lipinski definition) is 3. The fourth-order valence-corrected chi connectivity index (χ4v) is 3.98. The highest BCUT2D eigenvalue weighted by Crippen LogP contribution is 2.40. The summed E-state index contributed by atoms with van der Waals surface area (Å²) in [5, 5.41) is 14.5. The highest BCUT2D eigenvalue weighted by atomic mass is 19.4. The molecule has 0 aliphatic heterocycles. The van der Waals surface area contributed by atoms with Gasteiger partial charge in [-0.2, -0.15) is 13.2 Å². The third-order valence-corrected chi connectivity index (χ3v) is 5.38. The van der Waals surface area contributed by atoms with Crippen LogP contribution in [0.15, 0.2) is 42.5 Å². The largest absolute Gasteiger partial charge is 0.494 e. The number of anilines is 3. The van der Waals surface area contributed by atoms with Crippen molar-refractivity contribution >= 4 is 29.1 Å². The average molecular weight is 524 g/mol. The lowest BCUT2D eigenvalue weighted by Gasteiger charge is -2.31. The minimum atomic E-state index is -4.77. The van der Waals surface area contributed by atoms with E-state index in [0.29, 0.717) is 36.8 Å². The van der Waals surface area contributed by atoms with E-state index < -0.39 is 30.5 Å². The quantitative estimate of drug-likeness (QED) is 0.280. The molecular formula is C27H36F3N3O4. The van der Waals surface area contributed by atoms with Crippen LogP contribution in [0.4, 0.5) is 35.0 Å². The van der Waals surface area contributed by atoms with Gasteiger partial charge in [-0.3, -0.25) is 4.79 Å². The highest BCUT2D eigenvalue weighted by Gasteiger charge is 2.42. The van der Waals surface area contributed by atoms with Crippen molar-refractivity contribution in [1.82, 2.24) is 0 Å². The average Bonchev–Trinajstić information content (AvgIpc) is 2.77. The number of ether oxygens (including phenoxy) is 1. The Morgan fingerprint density at radius 3 is 2.05 bits per heavy atom. The van der Waals surface area contributed by atoms with E-state index in [-0.39, 0.29) is 23.1 Å². The second-order valence-electron chi connectivity index (χ2n) is 9.70. The molecule has 0 bridgehead atoms. The predicted octanol–water partition coefficient (Wildman–Crippen LogP) is 6.97. The zero-order valence-electron chi connectivity index (χ0n) is 21.9. The summed E-state index contributed by atoms with van der Waals surface area (Å²) in [6, 6.07) is 10.1. The number of halogens is 3. The molecule has 0 fully saturated rings. The number of benzene rings is 2. The van der Waals surface area contributed by atoms with Crippen LogP contribution in [0.25, 0.3) is 0 Å². The standard InChI is InChI=1S/C27H36F3N3O4/c1-6-37-21-10-8-20(9-11-21)31-26(36)32-23-13-19(22(14-25(34)35)27(28,29)30)7-12-24(23)33(15-17(2)3)16-18(4)5/h7-13,17-18,22H,6,14-16H2,1-5H3,(H,34,35)(H2,31,32,36).